The predicted octanol–water partition coefficient (Wildman–Crippen LogP) is 1.95. The van der Waals surface area contributed by atoms with Crippen LogP contribution in [0.1, 0.15) is 30.9 Å². The molecule has 1 heterocycles. The van der Waals surface area contributed by atoms with E-state index in [1.165, 1.54) is 6.07 Å². The zero-order valence-corrected chi connectivity index (χ0v) is 13.9. The molecule has 1 aliphatic heterocycles. The largest absolute Gasteiger partial charge is 0.380 e. The lowest BCUT2D eigenvalue weighted by Gasteiger charge is -2.34. The van der Waals surface area contributed by atoms with Crippen LogP contribution in [0.25, 0.3) is 0 Å². The Morgan fingerprint density at radius 3 is 2.76 bits per heavy atom. The van der Waals surface area contributed by atoms with Crippen molar-refractivity contribution in [1.29, 1.82) is 0 Å². The number of halogens is 1. The molecule has 0 aliphatic carbocycles. The van der Waals surface area contributed by atoms with E-state index < -0.39 is 15.6 Å². The van der Waals surface area contributed by atoms with Crippen LogP contribution in [0.4, 0.5) is 0 Å². The molecule has 0 aromatic heterocycles. The first kappa shape index (κ1) is 16.7. The number of nitrogens with two attached hydrogens (primary N) is 1. The van der Waals surface area contributed by atoms with Gasteiger partial charge in [0.2, 0.25) is 10.0 Å². The van der Waals surface area contributed by atoms with Crippen molar-refractivity contribution in [2.45, 2.75) is 43.7 Å². The molecule has 1 aromatic rings. The highest BCUT2D eigenvalue weighted by molar-refractivity contribution is 7.89. The summed E-state index contributed by atoms with van der Waals surface area (Å²) < 4.78 is 33.5. The lowest BCUT2D eigenvalue weighted by atomic mass is 9.97. The Balaban J connectivity index is 2.38. The molecule has 0 bridgehead atoms. The fraction of sp³-hybridized carbons (Fsp3) is 0.571. The number of sulfonamides is 1. The van der Waals surface area contributed by atoms with E-state index >= 15 is 0 Å². The van der Waals surface area contributed by atoms with Gasteiger partial charge in [-0.3, -0.25) is 0 Å². The van der Waals surface area contributed by atoms with Gasteiger partial charge in [0.25, 0.3) is 0 Å². The van der Waals surface area contributed by atoms with Crippen LogP contribution < -0.4 is 10.5 Å². The zero-order valence-electron chi connectivity index (χ0n) is 12.3. The van der Waals surface area contributed by atoms with Gasteiger partial charge in [-0.25, -0.2) is 13.1 Å². The lowest BCUT2D eigenvalue weighted by molar-refractivity contribution is 0.0386. The van der Waals surface area contributed by atoms with Gasteiger partial charge in [0.1, 0.15) is 0 Å². The van der Waals surface area contributed by atoms with Crippen LogP contribution in [-0.4, -0.2) is 27.2 Å². The normalized spacial score (nSPS) is 23.2. The van der Waals surface area contributed by atoms with Crippen LogP contribution in [0.15, 0.2) is 17.0 Å². The van der Waals surface area contributed by atoms with Gasteiger partial charge in [0.15, 0.2) is 0 Å². The molecule has 5 nitrogen and oxygen atoms in total. The minimum atomic E-state index is -3.67. The van der Waals surface area contributed by atoms with Gasteiger partial charge in [0.05, 0.1) is 17.0 Å². The summed E-state index contributed by atoms with van der Waals surface area (Å²) in [5, 5.41) is 0.367. The maximum absolute atomic E-state index is 12.7. The second-order valence-corrected chi connectivity index (χ2v) is 7.80. The molecular formula is C14H21ClN2O3S. The maximum Gasteiger partial charge on any atom is 0.241 e. The summed E-state index contributed by atoms with van der Waals surface area (Å²) in [6.07, 6.45) is 1.58. The SMILES string of the molecule is Cc1c(CN)cc(Cl)cc1S(=O)(=O)NC1(C)CCCOC1. The molecule has 2 rings (SSSR count). The number of hydrogen-bond donors (Lipinski definition) is 2. The molecule has 0 saturated carbocycles. The van der Waals surface area contributed by atoms with E-state index in [2.05, 4.69) is 4.72 Å². The Morgan fingerprint density at radius 2 is 2.19 bits per heavy atom. The molecule has 3 N–H and O–H groups in total. The van der Waals surface area contributed by atoms with Gasteiger partial charge in [-0.2, -0.15) is 0 Å². The van der Waals surface area contributed by atoms with Crippen molar-refractivity contribution in [3.05, 3.63) is 28.3 Å². The Labute approximate surface area is 130 Å². The van der Waals surface area contributed by atoms with Crippen LogP contribution in [-0.2, 0) is 21.3 Å². The molecule has 0 amide bonds. The highest BCUT2D eigenvalue weighted by atomic mass is 35.5. The van der Waals surface area contributed by atoms with E-state index in [4.69, 9.17) is 22.1 Å². The van der Waals surface area contributed by atoms with Crippen molar-refractivity contribution in [2.24, 2.45) is 5.73 Å². The highest BCUT2D eigenvalue weighted by Gasteiger charge is 2.33. The van der Waals surface area contributed by atoms with Crippen LogP contribution in [0, 0.1) is 6.92 Å². The first-order chi connectivity index (χ1) is 9.77. The quantitative estimate of drug-likeness (QED) is 0.883. The molecule has 1 aliphatic rings. The maximum atomic E-state index is 12.7. The first-order valence-electron chi connectivity index (χ1n) is 6.88. The first-order valence-corrected chi connectivity index (χ1v) is 8.74. The fourth-order valence-electron chi connectivity index (χ4n) is 2.59. The molecule has 1 saturated heterocycles. The van der Waals surface area contributed by atoms with Crippen molar-refractivity contribution in [3.63, 3.8) is 0 Å². The monoisotopic (exact) mass is 332 g/mol. The van der Waals surface area contributed by atoms with Gasteiger partial charge in [-0.05, 0) is 49.9 Å². The third-order valence-electron chi connectivity index (χ3n) is 3.76. The average Bonchev–Trinajstić information content (AvgIpc) is 2.40. The number of ether oxygens (including phenoxy) is 1. The Bertz CT molecular complexity index is 625. The molecule has 1 unspecified atom stereocenters. The number of benzene rings is 1. The third kappa shape index (κ3) is 3.76. The molecule has 118 valence electrons. The molecule has 21 heavy (non-hydrogen) atoms. The summed E-state index contributed by atoms with van der Waals surface area (Å²) in [5.41, 5.74) is 6.42. The Morgan fingerprint density at radius 1 is 1.48 bits per heavy atom. The summed E-state index contributed by atoms with van der Waals surface area (Å²) in [4.78, 5) is 0.183. The van der Waals surface area contributed by atoms with Gasteiger partial charge in [-0.1, -0.05) is 11.6 Å². The third-order valence-corrected chi connectivity index (χ3v) is 5.74. The smallest absolute Gasteiger partial charge is 0.241 e. The molecular weight excluding hydrogens is 312 g/mol. The standard InChI is InChI=1S/C14H21ClN2O3S/c1-10-11(8-16)6-12(15)7-13(10)21(18,19)17-14(2)4-3-5-20-9-14/h6-7,17H,3-5,8-9,16H2,1-2H3. The minimum absolute atomic E-state index is 0.183. The summed E-state index contributed by atoms with van der Waals surface area (Å²) in [6, 6.07) is 3.16. The number of rotatable bonds is 4. The van der Waals surface area contributed by atoms with Crippen LogP contribution in [0.3, 0.4) is 0 Å². The number of hydrogen-bond acceptors (Lipinski definition) is 4. The number of nitrogens with one attached hydrogen (secondary N) is 1. The van der Waals surface area contributed by atoms with E-state index in [0.717, 1.165) is 18.4 Å². The summed E-state index contributed by atoms with van der Waals surface area (Å²) in [6.45, 7) is 4.88. The summed E-state index contributed by atoms with van der Waals surface area (Å²) in [5.74, 6) is 0. The van der Waals surface area contributed by atoms with E-state index in [1.54, 1.807) is 13.0 Å². The minimum Gasteiger partial charge on any atom is -0.380 e. The van der Waals surface area contributed by atoms with Crippen molar-refractivity contribution < 1.29 is 13.2 Å². The molecule has 1 atom stereocenters. The second-order valence-electron chi connectivity index (χ2n) is 5.71. The summed E-state index contributed by atoms with van der Waals surface area (Å²) in [7, 11) is -3.67. The van der Waals surface area contributed by atoms with Crippen molar-refractivity contribution in [3.8, 4) is 0 Å². The molecule has 7 heteroatoms. The lowest BCUT2D eigenvalue weighted by Crippen LogP contribution is -2.51. The van der Waals surface area contributed by atoms with Crippen molar-refractivity contribution in [1.82, 2.24) is 4.72 Å². The van der Waals surface area contributed by atoms with Crippen molar-refractivity contribution >= 4 is 21.6 Å². The van der Waals surface area contributed by atoms with E-state index in [-0.39, 0.29) is 11.4 Å². The van der Waals surface area contributed by atoms with Crippen LogP contribution in [0.5, 0.6) is 0 Å². The molecule has 1 fully saturated rings. The van der Waals surface area contributed by atoms with Crippen LogP contribution >= 0.6 is 11.6 Å². The van der Waals surface area contributed by atoms with Crippen LogP contribution in [0.2, 0.25) is 5.02 Å². The Kier molecular flexibility index (Phi) is 4.95. The summed E-state index contributed by atoms with van der Waals surface area (Å²) >= 11 is 6.01. The predicted molar refractivity (Wildman–Crippen MR) is 82.9 cm³/mol. The molecule has 1 aromatic carbocycles. The second kappa shape index (κ2) is 6.22. The zero-order chi connectivity index (χ0) is 15.7. The van der Waals surface area contributed by atoms with Gasteiger partial charge in [0, 0.05) is 18.2 Å². The Hall–Kier alpha value is -0.660. The van der Waals surface area contributed by atoms with Gasteiger partial charge >= 0.3 is 0 Å². The van der Waals surface area contributed by atoms with Crippen molar-refractivity contribution in [2.75, 3.05) is 13.2 Å². The van der Waals surface area contributed by atoms with E-state index in [9.17, 15) is 8.42 Å². The fourth-order valence-corrected chi connectivity index (χ4v) is 4.63. The highest BCUT2D eigenvalue weighted by Crippen LogP contribution is 2.27. The van der Waals surface area contributed by atoms with Gasteiger partial charge in [-0.15, -0.1) is 0 Å². The topological polar surface area (TPSA) is 81.4 Å². The molecule has 0 radical (unpaired) electrons. The average molecular weight is 333 g/mol. The van der Waals surface area contributed by atoms with Gasteiger partial charge < -0.3 is 10.5 Å². The molecule has 0 spiro atoms. The van der Waals surface area contributed by atoms with E-state index in [1.807, 2.05) is 6.92 Å². The van der Waals surface area contributed by atoms with E-state index in [0.29, 0.717) is 23.8 Å².